The molecule has 14 nitrogen and oxygen atoms in total. The molecule has 268 valence electrons. The number of fused-ring (bicyclic) bond motifs is 1. The number of hydrogen-bond acceptors (Lipinski definition) is 9. The molecule has 2 aromatic heterocycles. The number of para-hydroxylation sites is 3. The predicted octanol–water partition coefficient (Wildman–Crippen LogP) is 3.10. The van der Waals surface area contributed by atoms with Crippen LogP contribution in [-0.2, 0) is 37.9 Å². The van der Waals surface area contributed by atoms with Crippen LogP contribution in [0.4, 0.5) is 0 Å². The Labute approximate surface area is 294 Å². The van der Waals surface area contributed by atoms with E-state index in [4.69, 9.17) is 14.2 Å². The smallest absolute Gasteiger partial charge is 0.286 e. The summed E-state index contributed by atoms with van der Waals surface area (Å²) in [5.41, 5.74) is 3.22. The SMILES string of the molecule is COc1ccc(S(=O)(=O)N(CCO)CCO[C@H]2C[C@@H](c3c(C)n(C)n(-c4ccccc4)c3=O)C=C(C(=O)NCc3nc4ccccc4[nH]3)O2)cc1. The zero-order valence-electron chi connectivity index (χ0n) is 28.5. The molecule has 0 saturated carbocycles. The highest BCUT2D eigenvalue weighted by atomic mass is 32.2. The van der Waals surface area contributed by atoms with Gasteiger partial charge in [0.1, 0.15) is 11.6 Å². The molecule has 3 aromatic carbocycles. The van der Waals surface area contributed by atoms with E-state index in [2.05, 4.69) is 15.3 Å². The van der Waals surface area contributed by atoms with Gasteiger partial charge in [-0.1, -0.05) is 30.3 Å². The van der Waals surface area contributed by atoms with Gasteiger partial charge in [-0.25, -0.2) is 18.1 Å². The summed E-state index contributed by atoms with van der Waals surface area (Å²) < 4.78 is 48.6. The summed E-state index contributed by atoms with van der Waals surface area (Å²) in [4.78, 5) is 35.3. The number of H-pyrrole nitrogens is 1. The Morgan fingerprint density at radius 2 is 1.80 bits per heavy atom. The Morgan fingerprint density at radius 3 is 2.51 bits per heavy atom. The van der Waals surface area contributed by atoms with Crippen molar-refractivity contribution in [1.82, 2.24) is 29.0 Å². The van der Waals surface area contributed by atoms with Gasteiger partial charge in [-0.05, 0) is 61.5 Å². The number of sulfonamides is 1. The quantitative estimate of drug-likeness (QED) is 0.156. The first kappa shape index (κ1) is 35.6. The lowest BCUT2D eigenvalue weighted by atomic mass is 9.93. The van der Waals surface area contributed by atoms with Gasteiger partial charge in [0, 0.05) is 43.7 Å². The first-order chi connectivity index (χ1) is 24.6. The molecule has 15 heteroatoms. The standard InChI is InChI=1S/C36H40N6O8S/c1-24-34(36(45)42(40(24)2)26-9-5-4-6-10-26)25-21-31(35(44)37-23-32-38-29-11-7-8-12-30(29)39-32)50-33(22-25)49-20-18-41(17-19-43)51(46,47)28-15-13-27(48-3)14-16-28/h4-16,21,25,33,43H,17-20,22-23H2,1-3H3,(H,37,44)(H,38,39)/t25-,33+/m0/s1. The van der Waals surface area contributed by atoms with Crippen LogP contribution in [0.5, 0.6) is 5.75 Å². The highest BCUT2D eigenvalue weighted by molar-refractivity contribution is 7.89. The number of hydrogen-bond donors (Lipinski definition) is 3. The topological polar surface area (TPSA) is 170 Å². The van der Waals surface area contributed by atoms with Gasteiger partial charge in [-0.15, -0.1) is 0 Å². The zero-order chi connectivity index (χ0) is 36.1. The predicted molar refractivity (Wildman–Crippen MR) is 189 cm³/mol. The van der Waals surface area contributed by atoms with Crippen molar-refractivity contribution in [3.63, 3.8) is 0 Å². The summed E-state index contributed by atoms with van der Waals surface area (Å²) in [6.07, 6.45) is 0.801. The van der Waals surface area contributed by atoms with Crippen LogP contribution in [0.2, 0.25) is 0 Å². The van der Waals surface area contributed by atoms with E-state index in [1.54, 1.807) is 34.6 Å². The summed E-state index contributed by atoms with van der Waals surface area (Å²) in [5.74, 6) is -0.0911. The maximum Gasteiger partial charge on any atom is 0.286 e. The molecule has 0 radical (unpaired) electrons. The molecule has 0 aliphatic carbocycles. The monoisotopic (exact) mass is 716 g/mol. The molecule has 0 spiro atoms. The largest absolute Gasteiger partial charge is 0.497 e. The Bertz CT molecular complexity index is 2160. The van der Waals surface area contributed by atoms with Gasteiger partial charge in [0.05, 0.1) is 48.5 Å². The second-order valence-corrected chi connectivity index (χ2v) is 13.9. The number of nitrogens with zero attached hydrogens (tertiary/aromatic N) is 4. The van der Waals surface area contributed by atoms with E-state index < -0.39 is 34.7 Å². The van der Waals surface area contributed by atoms with Gasteiger partial charge in [-0.3, -0.25) is 14.3 Å². The number of methoxy groups -OCH3 is 1. The van der Waals surface area contributed by atoms with E-state index in [9.17, 15) is 23.1 Å². The summed E-state index contributed by atoms with van der Waals surface area (Å²) in [6.45, 7) is 1.13. The molecule has 3 heterocycles. The van der Waals surface area contributed by atoms with Crippen molar-refractivity contribution in [3.05, 3.63) is 118 Å². The Balaban J connectivity index is 1.23. The number of amides is 1. The fourth-order valence-electron chi connectivity index (χ4n) is 6.12. The number of carbonyl (C=O) groups excluding carboxylic acids is 1. The van der Waals surface area contributed by atoms with Crippen molar-refractivity contribution in [1.29, 1.82) is 0 Å². The Hall–Kier alpha value is -5.22. The number of rotatable bonds is 14. The summed E-state index contributed by atoms with van der Waals surface area (Å²) in [6, 6.07) is 22.7. The van der Waals surface area contributed by atoms with Crippen molar-refractivity contribution >= 4 is 27.0 Å². The molecule has 5 aromatic rings. The lowest BCUT2D eigenvalue weighted by molar-refractivity contribution is -0.146. The molecule has 1 aliphatic heterocycles. The van der Waals surface area contributed by atoms with Crippen LogP contribution >= 0.6 is 0 Å². The number of allylic oxidation sites excluding steroid dienone is 1. The number of imidazole rings is 1. The molecule has 0 unspecified atom stereocenters. The fourth-order valence-corrected chi connectivity index (χ4v) is 7.54. The second-order valence-electron chi connectivity index (χ2n) is 12.0. The molecule has 0 saturated heterocycles. The van der Waals surface area contributed by atoms with E-state index in [0.717, 1.165) is 15.3 Å². The number of aromatic nitrogens is 4. The van der Waals surface area contributed by atoms with Gasteiger partial charge < -0.3 is 29.6 Å². The number of nitrogens with one attached hydrogen (secondary N) is 2. The number of aliphatic hydroxyl groups excluding tert-OH is 1. The third kappa shape index (κ3) is 7.61. The van der Waals surface area contributed by atoms with Gasteiger partial charge in [0.15, 0.2) is 5.76 Å². The minimum absolute atomic E-state index is 0.0336. The number of carbonyl (C=O) groups is 1. The minimum Gasteiger partial charge on any atom is -0.497 e. The van der Waals surface area contributed by atoms with Crippen LogP contribution < -0.4 is 15.6 Å². The van der Waals surface area contributed by atoms with Gasteiger partial charge in [0.25, 0.3) is 11.5 Å². The van der Waals surface area contributed by atoms with Crippen molar-refractivity contribution < 1.29 is 32.5 Å². The maximum absolute atomic E-state index is 14.0. The van der Waals surface area contributed by atoms with Crippen molar-refractivity contribution in [2.24, 2.45) is 7.05 Å². The molecule has 6 rings (SSSR count). The number of ether oxygens (including phenoxy) is 3. The van der Waals surface area contributed by atoms with Crippen LogP contribution in [0.1, 0.15) is 29.4 Å². The highest BCUT2D eigenvalue weighted by Crippen LogP contribution is 2.32. The lowest BCUT2D eigenvalue weighted by Crippen LogP contribution is -2.38. The van der Waals surface area contributed by atoms with Crippen molar-refractivity contribution in [2.45, 2.75) is 37.0 Å². The lowest BCUT2D eigenvalue weighted by Gasteiger charge is -2.29. The number of benzene rings is 3. The van der Waals surface area contributed by atoms with E-state index >= 15 is 0 Å². The molecular weight excluding hydrogens is 676 g/mol. The summed E-state index contributed by atoms with van der Waals surface area (Å²) in [5, 5.41) is 12.5. The molecule has 2 atom stereocenters. The maximum atomic E-state index is 14.0. The van der Waals surface area contributed by atoms with Crippen LogP contribution in [0, 0.1) is 6.92 Å². The third-order valence-corrected chi connectivity index (χ3v) is 10.7. The van der Waals surface area contributed by atoms with Crippen molar-refractivity contribution in [2.75, 3.05) is 33.4 Å². The third-order valence-electron chi connectivity index (χ3n) is 8.80. The second kappa shape index (κ2) is 15.3. The molecular formula is C36H40N6O8S. The van der Waals surface area contributed by atoms with E-state index in [-0.39, 0.29) is 48.9 Å². The molecule has 51 heavy (non-hydrogen) atoms. The minimum atomic E-state index is -3.99. The van der Waals surface area contributed by atoms with Gasteiger partial charge in [0.2, 0.25) is 16.3 Å². The van der Waals surface area contributed by atoms with Gasteiger partial charge in [-0.2, -0.15) is 4.31 Å². The van der Waals surface area contributed by atoms with Crippen LogP contribution in [-0.4, -0.2) is 82.8 Å². The first-order valence-corrected chi connectivity index (χ1v) is 17.9. The highest BCUT2D eigenvalue weighted by Gasteiger charge is 2.33. The summed E-state index contributed by atoms with van der Waals surface area (Å²) >= 11 is 0. The summed E-state index contributed by atoms with van der Waals surface area (Å²) in [7, 11) is -0.705. The number of aromatic amines is 1. The van der Waals surface area contributed by atoms with E-state index in [1.165, 1.54) is 19.2 Å². The van der Waals surface area contributed by atoms with Crippen molar-refractivity contribution in [3.8, 4) is 11.4 Å². The van der Waals surface area contributed by atoms with E-state index in [1.807, 2.05) is 61.5 Å². The average molecular weight is 717 g/mol. The van der Waals surface area contributed by atoms with Crippen LogP contribution in [0.25, 0.3) is 16.7 Å². The van der Waals surface area contributed by atoms with Crippen LogP contribution in [0.3, 0.4) is 0 Å². The zero-order valence-corrected chi connectivity index (χ0v) is 29.3. The molecule has 1 amide bonds. The first-order valence-electron chi connectivity index (χ1n) is 16.4. The Kier molecular flexibility index (Phi) is 10.7. The average Bonchev–Trinajstić information content (AvgIpc) is 3.66. The molecule has 1 aliphatic rings. The van der Waals surface area contributed by atoms with Gasteiger partial charge >= 0.3 is 0 Å². The molecule has 0 bridgehead atoms. The van der Waals surface area contributed by atoms with Crippen LogP contribution in [0.15, 0.2) is 100 Å². The molecule has 3 N–H and O–H groups in total. The Morgan fingerprint density at radius 1 is 1.08 bits per heavy atom. The normalized spacial score (nSPS) is 16.2. The van der Waals surface area contributed by atoms with E-state index in [0.29, 0.717) is 28.5 Å². The number of aliphatic hydroxyl groups is 1. The fraction of sp³-hybridized carbons (Fsp3) is 0.306. The molecule has 0 fully saturated rings.